The zero-order valence-electron chi connectivity index (χ0n) is 10.9. The average Bonchev–Trinajstić information content (AvgIpc) is 2.97. The smallest absolute Gasteiger partial charge is 0.395 e. The van der Waals surface area contributed by atoms with Gasteiger partial charge in [0.05, 0.1) is 0 Å². The summed E-state index contributed by atoms with van der Waals surface area (Å²) in [4.78, 5) is 0. The summed E-state index contributed by atoms with van der Waals surface area (Å²) in [6.07, 6.45) is 0.463. The Bertz CT molecular complexity index is 625. The Morgan fingerprint density at radius 3 is 2.75 bits per heavy atom. The van der Waals surface area contributed by atoms with E-state index in [9.17, 15) is 8.78 Å². The zero-order chi connectivity index (χ0) is 14.2. The predicted octanol–water partition coefficient (Wildman–Crippen LogP) is 3.44. The number of nitrogens with one attached hydrogen (secondary N) is 1. The number of benzene rings is 1. The molecule has 0 spiro atoms. The quantitative estimate of drug-likeness (QED) is 0.931. The predicted molar refractivity (Wildman–Crippen MR) is 70.1 cm³/mol. The van der Waals surface area contributed by atoms with Crippen LogP contribution in [0.5, 0.6) is 11.5 Å². The number of ether oxygens (including phenoxy) is 2. The van der Waals surface area contributed by atoms with E-state index in [-0.39, 0.29) is 11.5 Å². The van der Waals surface area contributed by atoms with E-state index in [1.165, 1.54) is 12.1 Å². The fraction of sp³-hybridized carbons (Fsp3) is 0.286. The first kappa shape index (κ1) is 12.8. The van der Waals surface area contributed by atoms with Crippen molar-refractivity contribution in [2.75, 3.05) is 5.32 Å². The van der Waals surface area contributed by atoms with Crippen LogP contribution in [0.15, 0.2) is 36.7 Å². The van der Waals surface area contributed by atoms with E-state index >= 15 is 0 Å². The van der Waals surface area contributed by atoms with Gasteiger partial charge in [-0.2, -0.15) is 0 Å². The van der Waals surface area contributed by atoms with Gasteiger partial charge < -0.3 is 19.4 Å². The van der Waals surface area contributed by atoms with Crippen molar-refractivity contribution in [3.8, 4) is 11.5 Å². The Kier molecular flexibility index (Phi) is 3.00. The van der Waals surface area contributed by atoms with Gasteiger partial charge in [0.15, 0.2) is 11.5 Å². The molecule has 4 nitrogen and oxygen atoms in total. The van der Waals surface area contributed by atoms with Crippen LogP contribution in [0.3, 0.4) is 0 Å². The van der Waals surface area contributed by atoms with E-state index in [2.05, 4.69) is 26.3 Å². The van der Waals surface area contributed by atoms with E-state index < -0.39 is 6.29 Å². The molecule has 0 amide bonds. The van der Waals surface area contributed by atoms with Gasteiger partial charge in [0.2, 0.25) is 0 Å². The van der Waals surface area contributed by atoms with Gasteiger partial charge in [-0.25, -0.2) is 0 Å². The van der Waals surface area contributed by atoms with Crippen LogP contribution in [-0.2, 0) is 13.1 Å². The number of halogens is 2. The first-order valence-corrected chi connectivity index (χ1v) is 6.34. The SMILES string of the molecule is CCn1ccc(CNc2ccc3c(c2)OC(F)(F)O3)c1. The molecule has 20 heavy (non-hydrogen) atoms. The lowest BCUT2D eigenvalue weighted by atomic mass is 10.2. The number of rotatable bonds is 4. The maximum absolute atomic E-state index is 12.9. The van der Waals surface area contributed by atoms with E-state index in [0.717, 1.165) is 12.1 Å². The molecule has 1 aromatic heterocycles. The number of fused-ring (bicyclic) bond motifs is 1. The summed E-state index contributed by atoms with van der Waals surface area (Å²) in [7, 11) is 0. The molecule has 0 aliphatic carbocycles. The van der Waals surface area contributed by atoms with Crippen molar-refractivity contribution in [3.63, 3.8) is 0 Å². The molecule has 0 saturated heterocycles. The third kappa shape index (κ3) is 2.54. The second kappa shape index (κ2) is 4.70. The first-order valence-electron chi connectivity index (χ1n) is 6.34. The van der Waals surface area contributed by atoms with Crippen LogP contribution in [-0.4, -0.2) is 10.9 Å². The maximum atomic E-state index is 12.9. The van der Waals surface area contributed by atoms with Crippen molar-refractivity contribution in [2.24, 2.45) is 0 Å². The van der Waals surface area contributed by atoms with E-state index in [0.29, 0.717) is 12.2 Å². The molecular weight excluding hydrogens is 266 g/mol. The molecule has 0 unspecified atom stereocenters. The lowest BCUT2D eigenvalue weighted by Gasteiger charge is -2.06. The summed E-state index contributed by atoms with van der Waals surface area (Å²) in [6.45, 7) is 3.59. The summed E-state index contributed by atoms with van der Waals surface area (Å²) in [6, 6.07) is 6.67. The fourth-order valence-electron chi connectivity index (χ4n) is 2.05. The average molecular weight is 280 g/mol. The molecule has 0 atom stereocenters. The highest BCUT2D eigenvalue weighted by molar-refractivity contribution is 5.56. The molecule has 0 saturated carbocycles. The van der Waals surface area contributed by atoms with Crippen molar-refractivity contribution in [3.05, 3.63) is 42.2 Å². The van der Waals surface area contributed by atoms with E-state index in [1.807, 2.05) is 18.5 Å². The molecule has 1 aliphatic rings. The topological polar surface area (TPSA) is 35.4 Å². The minimum Gasteiger partial charge on any atom is -0.395 e. The van der Waals surface area contributed by atoms with Crippen LogP contribution >= 0.6 is 0 Å². The van der Waals surface area contributed by atoms with Crippen LogP contribution in [0, 0.1) is 0 Å². The Morgan fingerprint density at radius 1 is 1.20 bits per heavy atom. The Balaban J connectivity index is 1.67. The molecule has 1 aromatic carbocycles. The van der Waals surface area contributed by atoms with Crippen LogP contribution in [0.4, 0.5) is 14.5 Å². The van der Waals surface area contributed by atoms with Crippen molar-refractivity contribution < 1.29 is 18.3 Å². The summed E-state index contributed by atoms with van der Waals surface area (Å²) >= 11 is 0. The molecule has 0 bridgehead atoms. The summed E-state index contributed by atoms with van der Waals surface area (Å²) in [5, 5.41) is 3.16. The normalized spacial score (nSPS) is 15.3. The lowest BCUT2D eigenvalue weighted by molar-refractivity contribution is -0.286. The van der Waals surface area contributed by atoms with Crippen molar-refractivity contribution in [2.45, 2.75) is 26.3 Å². The highest BCUT2D eigenvalue weighted by Gasteiger charge is 2.43. The molecule has 0 fully saturated rings. The largest absolute Gasteiger partial charge is 0.586 e. The van der Waals surface area contributed by atoms with Gasteiger partial charge in [-0.3, -0.25) is 0 Å². The highest BCUT2D eigenvalue weighted by atomic mass is 19.3. The van der Waals surface area contributed by atoms with E-state index in [1.54, 1.807) is 6.07 Å². The fourth-order valence-corrected chi connectivity index (χ4v) is 2.05. The number of alkyl halides is 2. The number of hydrogen-bond acceptors (Lipinski definition) is 3. The molecular formula is C14H14F2N2O2. The maximum Gasteiger partial charge on any atom is 0.586 e. The summed E-state index contributed by atoms with van der Waals surface area (Å²) < 4.78 is 36.6. The second-order valence-corrected chi connectivity index (χ2v) is 4.53. The molecule has 0 radical (unpaired) electrons. The van der Waals surface area contributed by atoms with Gasteiger partial charge in [-0.05, 0) is 30.7 Å². The first-order chi connectivity index (χ1) is 9.55. The van der Waals surface area contributed by atoms with Crippen LogP contribution in [0.2, 0.25) is 0 Å². The van der Waals surface area contributed by atoms with Crippen molar-refractivity contribution >= 4 is 5.69 Å². The molecule has 1 aliphatic heterocycles. The summed E-state index contributed by atoms with van der Waals surface area (Å²) in [5.41, 5.74) is 1.82. The Labute approximate surface area is 114 Å². The zero-order valence-corrected chi connectivity index (χ0v) is 10.9. The van der Waals surface area contributed by atoms with Crippen LogP contribution in [0.25, 0.3) is 0 Å². The number of hydrogen-bond donors (Lipinski definition) is 1. The molecule has 2 heterocycles. The summed E-state index contributed by atoms with van der Waals surface area (Å²) in [5.74, 6) is 0.101. The van der Waals surface area contributed by atoms with E-state index in [4.69, 9.17) is 0 Å². The minimum absolute atomic E-state index is 0.0473. The Morgan fingerprint density at radius 2 is 2.00 bits per heavy atom. The number of anilines is 1. The molecule has 6 heteroatoms. The Hall–Kier alpha value is -2.24. The third-order valence-electron chi connectivity index (χ3n) is 3.07. The van der Waals surface area contributed by atoms with Crippen LogP contribution < -0.4 is 14.8 Å². The lowest BCUT2D eigenvalue weighted by Crippen LogP contribution is -2.25. The number of aromatic nitrogens is 1. The molecule has 2 aromatic rings. The molecule has 106 valence electrons. The van der Waals surface area contributed by atoms with Gasteiger partial charge >= 0.3 is 6.29 Å². The number of aryl methyl sites for hydroxylation is 1. The highest BCUT2D eigenvalue weighted by Crippen LogP contribution is 2.42. The monoisotopic (exact) mass is 280 g/mol. The minimum atomic E-state index is -3.57. The van der Waals surface area contributed by atoms with Gasteiger partial charge in [-0.1, -0.05) is 0 Å². The van der Waals surface area contributed by atoms with Gasteiger partial charge in [0, 0.05) is 37.2 Å². The third-order valence-corrected chi connectivity index (χ3v) is 3.07. The van der Waals surface area contributed by atoms with Gasteiger partial charge in [-0.15, -0.1) is 8.78 Å². The van der Waals surface area contributed by atoms with Gasteiger partial charge in [0.1, 0.15) is 0 Å². The van der Waals surface area contributed by atoms with Gasteiger partial charge in [0.25, 0.3) is 0 Å². The number of nitrogens with zero attached hydrogens (tertiary/aromatic N) is 1. The standard InChI is InChI=1S/C14H14F2N2O2/c1-2-18-6-5-10(9-18)8-17-11-3-4-12-13(7-11)20-14(15,16)19-12/h3-7,9,17H,2,8H2,1H3. The molecule has 3 rings (SSSR count). The second-order valence-electron chi connectivity index (χ2n) is 4.53. The van der Waals surface area contributed by atoms with Crippen LogP contribution in [0.1, 0.15) is 12.5 Å². The van der Waals surface area contributed by atoms with Crippen molar-refractivity contribution in [1.82, 2.24) is 4.57 Å². The van der Waals surface area contributed by atoms with Crippen molar-refractivity contribution in [1.29, 1.82) is 0 Å². The molecule has 1 N–H and O–H groups in total.